The second kappa shape index (κ2) is 9.26. The summed E-state index contributed by atoms with van der Waals surface area (Å²) in [5.74, 6) is -0.145. The number of ether oxygens (including phenoxy) is 4. The van der Waals surface area contributed by atoms with Crippen molar-refractivity contribution in [3.63, 3.8) is 0 Å². The van der Waals surface area contributed by atoms with E-state index >= 15 is 0 Å². The molecule has 156 valence electrons. The van der Waals surface area contributed by atoms with Crippen LogP contribution in [0.3, 0.4) is 0 Å². The molecule has 0 aliphatic heterocycles. The van der Waals surface area contributed by atoms with Crippen molar-refractivity contribution in [1.82, 2.24) is 4.98 Å². The Kier molecular flexibility index (Phi) is 6.51. The molecule has 0 bridgehead atoms. The van der Waals surface area contributed by atoms with Gasteiger partial charge in [-0.2, -0.15) is 0 Å². The fourth-order valence-corrected chi connectivity index (χ4v) is 3.20. The van der Waals surface area contributed by atoms with Crippen LogP contribution in [-0.4, -0.2) is 37.7 Å². The standard InChI is InChI=1S/C23H23NO6/c1-5-29-23(26)21-14(2)16-8-6-7-9-17(16)24-18(21)13-30-22(25)15-10-11-19(27-3)20(12-15)28-4/h6-12H,5,13H2,1-4H3. The lowest BCUT2D eigenvalue weighted by molar-refractivity contribution is 0.0444. The number of hydrogen-bond acceptors (Lipinski definition) is 7. The Morgan fingerprint density at radius 2 is 1.67 bits per heavy atom. The first-order valence-electron chi connectivity index (χ1n) is 9.44. The van der Waals surface area contributed by atoms with E-state index in [0.717, 1.165) is 10.9 Å². The van der Waals surface area contributed by atoms with E-state index in [1.165, 1.54) is 20.3 Å². The molecule has 7 nitrogen and oxygen atoms in total. The summed E-state index contributed by atoms with van der Waals surface area (Å²) in [7, 11) is 3.00. The van der Waals surface area contributed by atoms with Crippen molar-refractivity contribution >= 4 is 22.8 Å². The molecule has 0 saturated heterocycles. The third-order valence-corrected chi connectivity index (χ3v) is 4.67. The fourth-order valence-electron chi connectivity index (χ4n) is 3.20. The average molecular weight is 409 g/mol. The molecule has 0 fully saturated rings. The van der Waals surface area contributed by atoms with Crippen molar-refractivity contribution in [3.8, 4) is 11.5 Å². The van der Waals surface area contributed by atoms with Gasteiger partial charge in [-0.15, -0.1) is 0 Å². The summed E-state index contributed by atoms with van der Waals surface area (Å²) in [5, 5.41) is 0.843. The predicted molar refractivity (Wildman–Crippen MR) is 111 cm³/mol. The Labute approximate surface area is 174 Å². The Hall–Kier alpha value is -3.61. The van der Waals surface area contributed by atoms with E-state index in [9.17, 15) is 9.59 Å². The number of aromatic nitrogens is 1. The van der Waals surface area contributed by atoms with E-state index in [1.54, 1.807) is 19.1 Å². The molecule has 3 rings (SSSR count). The minimum Gasteiger partial charge on any atom is -0.493 e. The highest BCUT2D eigenvalue weighted by molar-refractivity contribution is 5.98. The number of rotatable bonds is 7. The van der Waals surface area contributed by atoms with Crippen LogP contribution in [0.1, 0.15) is 38.9 Å². The average Bonchev–Trinajstić information content (AvgIpc) is 2.77. The zero-order valence-electron chi connectivity index (χ0n) is 17.4. The number of nitrogens with zero attached hydrogens (tertiary/aromatic N) is 1. The SMILES string of the molecule is CCOC(=O)c1c(COC(=O)c2ccc(OC)c(OC)c2)nc2ccccc2c1C. The molecule has 0 aliphatic rings. The molecule has 2 aromatic carbocycles. The van der Waals surface area contributed by atoms with Gasteiger partial charge in [0.1, 0.15) is 6.61 Å². The summed E-state index contributed by atoms with van der Waals surface area (Å²) in [6, 6.07) is 12.2. The molecule has 1 heterocycles. The van der Waals surface area contributed by atoms with Crippen molar-refractivity contribution in [1.29, 1.82) is 0 Å². The molecule has 3 aromatic rings. The summed E-state index contributed by atoms with van der Waals surface area (Å²) in [6.07, 6.45) is 0. The first-order chi connectivity index (χ1) is 14.5. The van der Waals surface area contributed by atoms with Gasteiger partial charge in [0.15, 0.2) is 11.5 Å². The van der Waals surface area contributed by atoms with Gasteiger partial charge >= 0.3 is 11.9 Å². The van der Waals surface area contributed by atoms with Crippen molar-refractivity contribution in [2.24, 2.45) is 0 Å². The van der Waals surface area contributed by atoms with E-state index in [0.29, 0.717) is 33.8 Å². The third kappa shape index (κ3) is 4.20. The minimum absolute atomic E-state index is 0.174. The largest absolute Gasteiger partial charge is 0.493 e. The second-order valence-electron chi connectivity index (χ2n) is 6.44. The topological polar surface area (TPSA) is 84.0 Å². The van der Waals surface area contributed by atoms with Crippen LogP contribution in [0.15, 0.2) is 42.5 Å². The maximum atomic E-state index is 12.6. The number of carbonyl (C=O) groups is 2. The van der Waals surface area contributed by atoms with E-state index in [1.807, 2.05) is 31.2 Å². The van der Waals surface area contributed by atoms with Crippen molar-refractivity contribution in [3.05, 3.63) is 64.8 Å². The van der Waals surface area contributed by atoms with Gasteiger partial charge in [-0.05, 0) is 43.7 Å². The molecule has 0 aliphatic carbocycles. The summed E-state index contributed by atoms with van der Waals surface area (Å²) in [6.45, 7) is 3.62. The molecule has 0 atom stereocenters. The number of methoxy groups -OCH3 is 2. The number of esters is 2. The molecule has 0 amide bonds. The molecule has 0 spiro atoms. The molecule has 1 aromatic heterocycles. The summed E-state index contributed by atoms with van der Waals surface area (Å²) >= 11 is 0. The molecule has 0 unspecified atom stereocenters. The van der Waals surface area contributed by atoms with Crippen LogP contribution >= 0.6 is 0 Å². The van der Waals surface area contributed by atoms with Gasteiger partial charge in [0.05, 0.1) is 43.2 Å². The predicted octanol–water partition coefficient (Wildman–Crippen LogP) is 4.09. The lowest BCUT2D eigenvalue weighted by atomic mass is 10.0. The zero-order chi connectivity index (χ0) is 21.7. The van der Waals surface area contributed by atoms with Crippen LogP contribution in [-0.2, 0) is 16.1 Å². The molecular formula is C23H23NO6. The summed E-state index contributed by atoms with van der Waals surface area (Å²) in [4.78, 5) is 29.7. The second-order valence-corrected chi connectivity index (χ2v) is 6.44. The van der Waals surface area contributed by atoms with Crippen molar-refractivity contribution < 1.29 is 28.5 Å². The lowest BCUT2D eigenvalue weighted by Gasteiger charge is -2.14. The molecule has 30 heavy (non-hydrogen) atoms. The molecule has 0 radical (unpaired) electrons. The van der Waals surface area contributed by atoms with Crippen LogP contribution < -0.4 is 9.47 Å². The number of carbonyl (C=O) groups excluding carboxylic acids is 2. The van der Waals surface area contributed by atoms with Crippen LogP contribution in [0.4, 0.5) is 0 Å². The Balaban J connectivity index is 1.92. The van der Waals surface area contributed by atoms with Gasteiger partial charge in [0.2, 0.25) is 0 Å². The molecule has 7 heteroatoms. The van der Waals surface area contributed by atoms with Crippen LogP contribution in [0.25, 0.3) is 10.9 Å². The molecule has 0 N–H and O–H groups in total. The van der Waals surface area contributed by atoms with Gasteiger partial charge in [0.25, 0.3) is 0 Å². The third-order valence-electron chi connectivity index (χ3n) is 4.67. The van der Waals surface area contributed by atoms with E-state index in [2.05, 4.69) is 4.98 Å². The van der Waals surface area contributed by atoms with Gasteiger partial charge in [-0.1, -0.05) is 18.2 Å². The van der Waals surface area contributed by atoms with E-state index in [4.69, 9.17) is 18.9 Å². The van der Waals surface area contributed by atoms with Crippen molar-refractivity contribution in [2.45, 2.75) is 20.5 Å². The smallest absolute Gasteiger partial charge is 0.340 e. The molecule has 0 saturated carbocycles. The molecular weight excluding hydrogens is 386 g/mol. The minimum atomic E-state index is -0.571. The zero-order valence-corrected chi connectivity index (χ0v) is 17.4. The number of para-hydroxylation sites is 1. The van der Waals surface area contributed by atoms with Gasteiger partial charge in [-0.3, -0.25) is 0 Å². The first-order valence-corrected chi connectivity index (χ1v) is 9.44. The Morgan fingerprint density at radius 3 is 2.37 bits per heavy atom. The summed E-state index contributed by atoms with van der Waals surface area (Å²) in [5.41, 5.74) is 2.40. The van der Waals surface area contributed by atoms with E-state index < -0.39 is 11.9 Å². The quantitative estimate of drug-likeness (QED) is 0.543. The maximum Gasteiger partial charge on any atom is 0.340 e. The Bertz CT molecular complexity index is 1090. The highest BCUT2D eigenvalue weighted by Crippen LogP contribution is 2.28. The number of hydrogen-bond donors (Lipinski definition) is 0. The van der Waals surface area contributed by atoms with Gasteiger partial charge < -0.3 is 18.9 Å². The van der Waals surface area contributed by atoms with Crippen LogP contribution in [0.5, 0.6) is 11.5 Å². The highest BCUT2D eigenvalue weighted by Gasteiger charge is 2.21. The van der Waals surface area contributed by atoms with Gasteiger partial charge in [0, 0.05) is 5.39 Å². The van der Waals surface area contributed by atoms with Crippen molar-refractivity contribution in [2.75, 3.05) is 20.8 Å². The highest BCUT2D eigenvalue weighted by atomic mass is 16.5. The monoisotopic (exact) mass is 409 g/mol. The summed E-state index contributed by atoms with van der Waals surface area (Å²) < 4.78 is 21.1. The normalized spacial score (nSPS) is 10.5. The maximum absolute atomic E-state index is 12.6. The first kappa shape index (κ1) is 21.1. The lowest BCUT2D eigenvalue weighted by Crippen LogP contribution is -2.15. The Morgan fingerprint density at radius 1 is 0.933 bits per heavy atom. The van der Waals surface area contributed by atoms with E-state index in [-0.39, 0.29) is 13.2 Å². The number of aryl methyl sites for hydroxylation is 1. The number of benzene rings is 2. The fraction of sp³-hybridized carbons (Fsp3) is 0.261. The van der Waals surface area contributed by atoms with Crippen LogP contribution in [0, 0.1) is 6.92 Å². The number of fused-ring (bicyclic) bond motifs is 1. The van der Waals surface area contributed by atoms with Crippen LogP contribution in [0.2, 0.25) is 0 Å². The number of pyridine rings is 1. The van der Waals surface area contributed by atoms with Gasteiger partial charge in [-0.25, -0.2) is 14.6 Å².